The molecule has 0 aliphatic carbocycles. The van der Waals surface area contributed by atoms with Crippen molar-refractivity contribution in [1.29, 1.82) is 0 Å². The number of carbonyl (C=O) groups is 2. The van der Waals surface area contributed by atoms with Gasteiger partial charge in [0.1, 0.15) is 0 Å². The van der Waals surface area contributed by atoms with Gasteiger partial charge in [0.05, 0.1) is 0 Å². The molecule has 1 fully saturated rings. The molecule has 0 saturated carbocycles. The number of rotatable bonds is 7. The second-order valence-corrected chi connectivity index (χ2v) is 6.37. The zero-order valence-electron chi connectivity index (χ0n) is 13.9. The molecule has 1 atom stereocenters. The second kappa shape index (κ2) is 10.5. The number of amides is 2. The minimum Gasteiger partial charge on any atom is -0.356 e. The molecule has 0 spiro atoms. The van der Waals surface area contributed by atoms with Crippen LogP contribution in [0.1, 0.15) is 31.2 Å². The third kappa shape index (κ3) is 6.67. The first-order valence-electron chi connectivity index (χ1n) is 8.08. The number of carbonyl (C=O) groups excluding carboxylic acids is 2. The van der Waals surface area contributed by atoms with Gasteiger partial charge in [-0.1, -0.05) is 17.7 Å². The lowest BCUT2D eigenvalue weighted by Crippen LogP contribution is -2.28. The molecule has 1 aromatic rings. The van der Waals surface area contributed by atoms with Gasteiger partial charge in [0, 0.05) is 30.1 Å². The Bertz CT molecular complexity index is 561. The highest BCUT2D eigenvalue weighted by atomic mass is 35.5. The summed E-state index contributed by atoms with van der Waals surface area (Å²) < 4.78 is 0. The van der Waals surface area contributed by atoms with E-state index in [-0.39, 0.29) is 30.6 Å². The molecule has 1 aliphatic heterocycles. The van der Waals surface area contributed by atoms with E-state index in [0.717, 1.165) is 31.5 Å². The summed E-state index contributed by atoms with van der Waals surface area (Å²) in [6, 6.07) is 5.39. The van der Waals surface area contributed by atoms with Crippen LogP contribution in [0.25, 0.3) is 0 Å². The first-order valence-corrected chi connectivity index (χ1v) is 8.46. The van der Waals surface area contributed by atoms with Crippen molar-refractivity contribution in [2.24, 2.45) is 5.92 Å². The van der Waals surface area contributed by atoms with Gasteiger partial charge in [-0.05, 0) is 56.5 Å². The molecule has 1 unspecified atom stereocenters. The molecule has 0 radical (unpaired) electrons. The van der Waals surface area contributed by atoms with E-state index in [1.165, 1.54) is 0 Å². The Morgan fingerprint density at radius 1 is 1.29 bits per heavy atom. The quantitative estimate of drug-likeness (QED) is 0.687. The lowest BCUT2D eigenvalue weighted by Gasteiger charge is -2.10. The molecule has 7 heteroatoms. The van der Waals surface area contributed by atoms with Crippen LogP contribution in [0.4, 0.5) is 5.69 Å². The van der Waals surface area contributed by atoms with Crippen LogP contribution in [0.3, 0.4) is 0 Å². The van der Waals surface area contributed by atoms with E-state index in [4.69, 9.17) is 11.6 Å². The number of hydrogen-bond acceptors (Lipinski definition) is 3. The Morgan fingerprint density at radius 2 is 2.08 bits per heavy atom. The second-order valence-electron chi connectivity index (χ2n) is 5.96. The topological polar surface area (TPSA) is 70.2 Å². The molecule has 0 aromatic heterocycles. The molecule has 0 bridgehead atoms. The number of hydrogen-bond donors (Lipinski definition) is 3. The van der Waals surface area contributed by atoms with Gasteiger partial charge in [-0.3, -0.25) is 9.59 Å². The van der Waals surface area contributed by atoms with Crippen molar-refractivity contribution >= 4 is 41.5 Å². The van der Waals surface area contributed by atoms with E-state index in [1.807, 2.05) is 13.0 Å². The van der Waals surface area contributed by atoms with E-state index in [0.29, 0.717) is 29.6 Å². The minimum atomic E-state index is -0.129. The van der Waals surface area contributed by atoms with Gasteiger partial charge in [0.15, 0.2) is 0 Å². The highest BCUT2D eigenvalue weighted by molar-refractivity contribution is 6.31. The molecule has 1 aliphatic rings. The van der Waals surface area contributed by atoms with E-state index in [9.17, 15) is 9.59 Å². The monoisotopic (exact) mass is 373 g/mol. The fraction of sp³-hybridized carbons (Fsp3) is 0.529. The zero-order chi connectivity index (χ0) is 16.7. The van der Waals surface area contributed by atoms with Crippen LogP contribution in [0.2, 0.25) is 5.02 Å². The Kier molecular flexibility index (Phi) is 9.11. The fourth-order valence-electron chi connectivity index (χ4n) is 2.66. The molecule has 1 aromatic carbocycles. The number of anilines is 1. The summed E-state index contributed by atoms with van der Waals surface area (Å²) in [5, 5.41) is 9.54. The summed E-state index contributed by atoms with van der Waals surface area (Å²) in [7, 11) is 0. The van der Waals surface area contributed by atoms with E-state index < -0.39 is 0 Å². The molecule has 134 valence electrons. The number of nitrogens with one attached hydrogen (secondary N) is 3. The summed E-state index contributed by atoms with van der Waals surface area (Å²) in [6.07, 6.45) is 2.84. The molecule has 24 heavy (non-hydrogen) atoms. The van der Waals surface area contributed by atoms with Crippen molar-refractivity contribution in [2.75, 3.05) is 25.0 Å². The van der Waals surface area contributed by atoms with Gasteiger partial charge in [-0.2, -0.15) is 0 Å². The summed E-state index contributed by atoms with van der Waals surface area (Å²) in [4.78, 5) is 23.7. The van der Waals surface area contributed by atoms with Gasteiger partial charge >= 0.3 is 0 Å². The summed E-state index contributed by atoms with van der Waals surface area (Å²) in [6.45, 7) is 4.27. The van der Waals surface area contributed by atoms with Crippen molar-refractivity contribution in [3.05, 3.63) is 28.8 Å². The van der Waals surface area contributed by atoms with Gasteiger partial charge in [0.2, 0.25) is 11.8 Å². The van der Waals surface area contributed by atoms with Crippen molar-refractivity contribution in [1.82, 2.24) is 10.6 Å². The molecule has 1 saturated heterocycles. The highest BCUT2D eigenvalue weighted by Gasteiger charge is 2.15. The lowest BCUT2D eigenvalue weighted by molar-refractivity contribution is -0.121. The van der Waals surface area contributed by atoms with Crippen LogP contribution in [0, 0.1) is 12.8 Å². The van der Waals surface area contributed by atoms with Crippen LogP contribution < -0.4 is 16.0 Å². The summed E-state index contributed by atoms with van der Waals surface area (Å²) >= 11 is 6.02. The standard InChI is InChI=1S/C17H24ClN3O2.ClH/c1-12-14(18)3-2-4-15(12)21-17(23)8-10-20-16(22)6-5-13-7-9-19-11-13;/h2-4,13,19H,5-11H2,1H3,(H,20,22)(H,21,23);1H. The minimum absolute atomic E-state index is 0. The first-order chi connectivity index (χ1) is 11.1. The molecular weight excluding hydrogens is 349 g/mol. The Hall–Kier alpha value is -1.30. The van der Waals surface area contributed by atoms with Crippen LogP contribution in [0.15, 0.2) is 18.2 Å². The predicted octanol–water partition coefficient (Wildman–Crippen LogP) is 2.90. The van der Waals surface area contributed by atoms with Crippen molar-refractivity contribution in [2.45, 2.75) is 32.6 Å². The molecule has 1 heterocycles. The van der Waals surface area contributed by atoms with E-state index in [2.05, 4.69) is 16.0 Å². The summed E-state index contributed by atoms with van der Waals surface area (Å²) in [5.74, 6) is 0.495. The Labute approximate surface area is 154 Å². The third-order valence-corrected chi connectivity index (χ3v) is 4.57. The van der Waals surface area contributed by atoms with Crippen LogP contribution in [-0.2, 0) is 9.59 Å². The SMILES string of the molecule is Cc1c(Cl)cccc1NC(=O)CCNC(=O)CCC1CCNC1.Cl. The van der Waals surface area contributed by atoms with Crippen LogP contribution in [-0.4, -0.2) is 31.4 Å². The molecular formula is C17H25Cl2N3O2. The maximum atomic E-state index is 11.9. The Morgan fingerprint density at radius 3 is 2.79 bits per heavy atom. The molecule has 2 rings (SSSR count). The maximum absolute atomic E-state index is 11.9. The zero-order valence-corrected chi connectivity index (χ0v) is 15.4. The van der Waals surface area contributed by atoms with Gasteiger partial charge in [-0.15, -0.1) is 12.4 Å². The van der Waals surface area contributed by atoms with Crippen LogP contribution in [0.5, 0.6) is 0 Å². The normalized spacial score (nSPS) is 16.3. The van der Waals surface area contributed by atoms with Gasteiger partial charge in [-0.25, -0.2) is 0 Å². The number of halogens is 2. The van der Waals surface area contributed by atoms with Gasteiger partial charge in [0.25, 0.3) is 0 Å². The largest absolute Gasteiger partial charge is 0.356 e. The maximum Gasteiger partial charge on any atom is 0.226 e. The van der Waals surface area contributed by atoms with Gasteiger partial charge < -0.3 is 16.0 Å². The third-order valence-electron chi connectivity index (χ3n) is 4.16. The fourth-order valence-corrected chi connectivity index (χ4v) is 2.83. The van der Waals surface area contributed by atoms with E-state index >= 15 is 0 Å². The average Bonchev–Trinajstić information content (AvgIpc) is 3.03. The van der Waals surface area contributed by atoms with Crippen molar-refractivity contribution in [3.63, 3.8) is 0 Å². The van der Waals surface area contributed by atoms with Crippen molar-refractivity contribution < 1.29 is 9.59 Å². The highest BCUT2D eigenvalue weighted by Crippen LogP contribution is 2.22. The van der Waals surface area contributed by atoms with E-state index in [1.54, 1.807) is 12.1 Å². The average molecular weight is 374 g/mol. The summed E-state index contributed by atoms with van der Waals surface area (Å²) in [5.41, 5.74) is 1.55. The smallest absolute Gasteiger partial charge is 0.226 e. The number of benzene rings is 1. The lowest BCUT2D eigenvalue weighted by atomic mass is 10.0. The predicted molar refractivity (Wildman–Crippen MR) is 99.9 cm³/mol. The first kappa shape index (κ1) is 20.7. The molecule has 2 amide bonds. The van der Waals surface area contributed by atoms with Crippen molar-refractivity contribution in [3.8, 4) is 0 Å². The molecule has 3 N–H and O–H groups in total. The molecule has 5 nitrogen and oxygen atoms in total. The Balaban J connectivity index is 0.00000288. The van der Waals surface area contributed by atoms with Crippen LogP contribution >= 0.6 is 24.0 Å².